The summed E-state index contributed by atoms with van der Waals surface area (Å²) in [5.41, 5.74) is 5.27. The van der Waals surface area contributed by atoms with E-state index in [0.717, 1.165) is 27.8 Å². The normalized spacial score (nSPS) is 10.5. The third kappa shape index (κ3) is 4.57. The number of nitrogens with zero attached hydrogens (tertiary/aromatic N) is 4. The minimum absolute atomic E-state index is 0.151. The molecule has 1 amide bonds. The zero-order valence-corrected chi connectivity index (χ0v) is 18.4. The largest absolute Gasteiger partial charge is 0.378 e. The SMILES string of the molecule is Cc1ccc(NC(=O)c2ccc(N(C)C)cc2)cc1N(c1cccnc1)c1nccs1. The molecule has 4 rings (SSSR count). The van der Waals surface area contributed by atoms with E-state index >= 15 is 0 Å². The van der Waals surface area contributed by atoms with Crippen molar-refractivity contribution in [1.29, 1.82) is 0 Å². The van der Waals surface area contributed by atoms with Gasteiger partial charge < -0.3 is 10.2 Å². The zero-order valence-electron chi connectivity index (χ0n) is 17.6. The molecular formula is C24H23N5OS. The predicted molar refractivity (Wildman–Crippen MR) is 128 cm³/mol. The molecule has 0 saturated carbocycles. The average Bonchev–Trinajstić information content (AvgIpc) is 3.31. The van der Waals surface area contributed by atoms with E-state index in [4.69, 9.17) is 0 Å². The third-order valence-corrected chi connectivity index (χ3v) is 5.63. The van der Waals surface area contributed by atoms with Gasteiger partial charge in [0.2, 0.25) is 0 Å². The van der Waals surface area contributed by atoms with Crippen molar-refractivity contribution in [3.63, 3.8) is 0 Å². The molecule has 0 bridgehead atoms. The molecule has 31 heavy (non-hydrogen) atoms. The quantitative estimate of drug-likeness (QED) is 0.430. The van der Waals surface area contributed by atoms with Crippen LogP contribution in [0.2, 0.25) is 0 Å². The molecule has 0 fully saturated rings. The third-order valence-electron chi connectivity index (χ3n) is 4.87. The van der Waals surface area contributed by atoms with Crippen LogP contribution >= 0.6 is 11.3 Å². The molecule has 7 heteroatoms. The summed E-state index contributed by atoms with van der Waals surface area (Å²) in [6.07, 6.45) is 5.33. The molecule has 0 aliphatic rings. The van der Waals surface area contributed by atoms with Gasteiger partial charge in [0.25, 0.3) is 5.91 Å². The lowest BCUT2D eigenvalue weighted by Crippen LogP contribution is -2.15. The Morgan fingerprint density at radius 1 is 1.00 bits per heavy atom. The summed E-state index contributed by atoms with van der Waals surface area (Å²) < 4.78 is 0. The Bertz CT molecular complexity index is 1160. The van der Waals surface area contributed by atoms with E-state index in [1.54, 1.807) is 29.9 Å². The van der Waals surface area contributed by atoms with Gasteiger partial charge in [0.15, 0.2) is 5.13 Å². The monoisotopic (exact) mass is 429 g/mol. The molecule has 6 nitrogen and oxygen atoms in total. The van der Waals surface area contributed by atoms with Gasteiger partial charge in [0.1, 0.15) is 0 Å². The molecule has 156 valence electrons. The van der Waals surface area contributed by atoms with E-state index < -0.39 is 0 Å². The molecule has 0 aliphatic carbocycles. The highest BCUT2D eigenvalue weighted by Gasteiger charge is 2.18. The Hall–Kier alpha value is -3.71. The van der Waals surface area contributed by atoms with Crippen LogP contribution in [0.4, 0.5) is 27.9 Å². The number of carbonyl (C=O) groups is 1. The van der Waals surface area contributed by atoms with Gasteiger partial charge in [-0.15, -0.1) is 11.3 Å². The topological polar surface area (TPSA) is 61.4 Å². The molecule has 1 N–H and O–H groups in total. The number of rotatable bonds is 6. The number of aromatic nitrogens is 2. The van der Waals surface area contributed by atoms with Gasteiger partial charge in [0.05, 0.1) is 17.6 Å². The smallest absolute Gasteiger partial charge is 0.255 e. The highest BCUT2D eigenvalue weighted by Crippen LogP contribution is 2.38. The Labute approximate surface area is 185 Å². The standard InChI is InChI=1S/C24H23N5OS/c1-17-6-9-19(27-23(30)18-7-10-20(11-8-18)28(2)3)15-22(17)29(24-26-13-14-31-24)21-5-4-12-25-16-21/h4-16H,1-3H3,(H,27,30). The van der Waals surface area contributed by atoms with Crippen molar-refractivity contribution in [2.75, 3.05) is 29.2 Å². The summed E-state index contributed by atoms with van der Waals surface area (Å²) in [6, 6.07) is 17.3. The number of thiazole rings is 1. The first-order chi connectivity index (χ1) is 15.0. The first-order valence-corrected chi connectivity index (χ1v) is 10.7. The number of amides is 1. The number of aryl methyl sites for hydroxylation is 1. The van der Waals surface area contributed by atoms with Crippen molar-refractivity contribution in [3.8, 4) is 0 Å². The molecule has 0 radical (unpaired) electrons. The van der Waals surface area contributed by atoms with Crippen molar-refractivity contribution in [2.45, 2.75) is 6.92 Å². The number of pyridine rings is 1. The second kappa shape index (κ2) is 8.97. The minimum atomic E-state index is -0.151. The summed E-state index contributed by atoms with van der Waals surface area (Å²) in [5.74, 6) is -0.151. The van der Waals surface area contributed by atoms with Gasteiger partial charge in [0, 0.05) is 48.8 Å². The summed E-state index contributed by atoms with van der Waals surface area (Å²) in [7, 11) is 3.94. The van der Waals surface area contributed by atoms with Crippen LogP contribution in [0.3, 0.4) is 0 Å². The van der Waals surface area contributed by atoms with E-state index in [9.17, 15) is 4.79 Å². The van der Waals surface area contributed by atoms with Crippen LogP contribution in [-0.4, -0.2) is 30.0 Å². The molecule has 2 aromatic heterocycles. The van der Waals surface area contributed by atoms with E-state index in [2.05, 4.69) is 20.2 Å². The van der Waals surface area contributed by atoms with Crippen LogP contribution in [-0.2, 0) is 0 Å². The van der Waals surface area contributed by atoms with Crippen molar-refractivity contribution >= 4 is 45.1 Å². The number of hydrogen-bond acceptors (Lipinski definition) is 6. The average molecular weight is 430 g/mol. The Balaban J connectivity index is 1.65. The second-order valence-corrected chi connectivity index (χ2v) is 8.13. The van der Waals surface area contributed by atoms with Gasteiger partial charge in [-0.2, -0.15) is 0 Å². The van der Waals surface area contributed by atoms with Crippen LogP contribution in [0.5, 0.6) is 0 Å². The number of benzene rings is 2. The molecule has 4 aromatic rings. The van der Waals surface area contributed by atoms with Crippen LogP contribution < -0.4 is 15.1 Å². The fourth-order valence-electron chi connectivity index (χ4n) is 3.21. The fraction of sp³-hybridized carbons (Fsp3) is 0.125. The molecule has 0 saturated heterocycles. The van der Waals surface area contributed by atoms with E-state index in [-0.39, 0.29) is 5.91 Å². The Kier molecular flexibility index (Phi) is 5.95. The lowest BCUT2D eigenvalue weighted by molar-refractivity contribution is 0.102. The van der Waals surface area contributed by atoms with E-state index in [0.29, 0.717) is 11.3 Å². The summed E-state index contributed by atoms with van der Waals surface area (Å²) in [5, 5.41) is 5.79. The number of anilines is 5. The van der Waals surface area contributed by atoms with Gasteiger partial charge in [-0.05, 0) is 61.0 Å². The molecular weight excluding hydrogens is 406 g/mol. The van der Waals surface area contributed by atoms with E-state index in [1.807, 2.05) is 85.9 Å². The molecule has 2 heterocycles. The van der Waals surface area contributed by atoms with Gasteiger partial charge in [-0.3, -0.25) is 14.7 Å². The zero-order chi connectivity index (χ0) is 21.8. The van der Waals surface area contributed by atoms with Crippen molar-refractivity contribution in [3.05, 3.63) is 89.7 Å². The maximum atomic E-state index is 12.8. The van der Waals surface area contributed by atoms with Crippen molar-refractivity contribution in [1.82, 2.24) is 9.97 Å². The van der Waals surface area contributed by atoms with Crippen molar-refractivity contribution in [2.24, 2.45) is 0 Å². The maximum absolute atomic E-state index is 12.8. The second-order valence-electron chi connectivity index (χ2n) is 7.26. The molecule has 0 aliphatic heterocycles. The van der Waals surface area contributed by atoms with Crippen LogP contribution in [0.25, 0.3) is 0 Å². The lowest BCUT2D eigenvalue weighted by atomic mass is 10.1. The van der Waals surface area contributed by atoms with Gasteiger partial charge in [-0.1, -0.05) is 6.07 Å². The Morgan fingerprint density at radius 3 is 2.45 bits per heavy atom. The van der Waals surface area contributed by atoms with E-state index in [1.165, 1.54) is 0 Å². The summed E-state index contributed by atoms with van der Waals surface area (Å²) in [4.78, 5) is 25.6. The predicted octanol–water partition coefficient (Wildman–Crippen LogP) is 5.63. The summed E-state index contributed by atoms with van der Waals surface area (Å²) in [6.45, 7) is 2.04. The highest BCUT2D eigenvalue weighted by molar-refractivity contribution is 7.13. The molecule has 2 aromatic carbocycles. The van der Waals surface area contributed by atoms with Crippen LogP contribution in [0, 0.1) is 6.92 Å². The fourth-order valence-corrected chi connectivity index (χ4v) is 3.88. The highest BCUT2D eigenvalue weighted by atomic mass is 32.1. The van der Waals surface area contributed by atoms with Crippen LogP contribution in [0.1, 0.15) is 15.9 Å². The van der Waals surface area contributed by atoms with Gasteiger partial charge >= 0.3 is 0 Å². The molecule has 0 spiro atoms. The number of nitrogens with one attached hydrogen (secondary N) is 1. The van der Waals surface area contributed by atoms with Gasteiger partial charge in [-0.25, -0.2) is 4.98 Å². The maximum Gasteiger partial charge on any atom is 0.255 e. The molecule has 0 unspecified atom stereocenters. The number of carbonyl (C=O) groups excluding carboxylic acids is 1. The van der Waals surface area contributed by atoms with Crippen molar-refractivity contribution < 1.29 is 4.79 Å². The molecule has 0 atom stereocenters. The number of hydrogen-bond donors (Lipinski definition) is 1. The first kappa shape index (κ1) is 20.6. The minimum Gasteiger partial charge on any atom is -0.378 e. The summed E-state index contributed by atoms with van der Waals surface area (Å²) >= 11 is 1.55. The first-order valence-electron chi connectivity index (χ1n) is 9.82. The van der Waals surface area contributed by atoms with Crippen LogP contribution in [0.15, 0.2) is 78.6 Å². The Morgan fingerprint density at radius 2 is 1.81 bits per heavy atom. The lowest BCUT2D eigenvalue weighted by Gasteiger charge is -2.24.